The van der Waals surface area contributed by atoms with E-state index < -0.39 is 0 Å². The quantitative estimate of drug-likeness (QED) is 0.811. The number of hydrogen-bond donors (Lipinski definition) is 1. The summed E-state index contributed by atoms with van der Waals surface area (Å²) in [4.78, 5) is 26.1. The van der Waals surface area contributed by atoms with Crippen molar-refractivity contribution in [2.24, 2.45) is 5.92 Å². The predicted molar refractivity (Wildman–Crippen MR) is 89.5 cm³/mol. The first-order valence-corrected chi connectivity index (χ1v) is 8.33. The number of halogens is 1. The van der Waals surface area contributed by atoms with Crippen LogP contribution in [0.15, 0.2) is 24.3 Å². The standard InChI is InChI=1S/C17H23ClN2O3/c1-12(2)17(22)20-10-3-4-15(20)16(21)19-9-11-23-14-7-5-13(18)6-8-14/h5-8,12,15H,3-4,9-11H2,1-2H3,(H,19,21). The van der Waals surface area contributed by atoms with Crippen LogP contribution in [0.1, 0.15) is 26.7 Å². The molecule has 0 radical (unpaired) electrons. The second kappa shape index (κ2) is 8.20. The molecule has 1 heterocycles. The van der Waals surface area contributed by atoms with Gasteiger partial charge in [-0.1, -0.05) is 25.4 Å². The lowest BCUT2D eigenvalue weighted by atomic mass is 10.1. The van der Waals surface area contributed by atoms with Crippen molar-refractivity contribution in [3.05, 3.63) is 29.3 Å². The lowest BCUT2D eigenvalue weighted by molar-refractivity contribution is -0.140. The molecule has 1 atom stereocenters. The molecule has 0 aromatic heterocycles. The third-order valence-electron chi connectivity index (χ3n) is 3.82. The molecule has 0 aliphatic carbocycles. The molecule has 0 bridgehead atoms. The predicted octanol–water partition coefficient (Wildman–Crippen LogP) is 2.48. The number of nitrogens with zero attached hydrogens (tertiary/aromatic N) is 1. The third kappa shape index (κ3) is 4.86. The molecular formula is C17H23ClN2O3. The number of carbonyl (C=O) groups excluding carboxylic acids is 2. The molecule has 0 spiro atoms. The fraction of sp³-hybridized carbons (Fsp3) is 0.529. The summed E-state index contributed by atoms with van der Waals surface area (Å²) in [7, 11) is 0. The fourth-order valence-electron chi connectivity index (χ4n) is 2.63. The summed E-state index contributed by atoms with van der Waals surface area (Å²) in [6.45, 7) is 5.15. The van der Waals surface area contributed by atoms with Crippen LogP contribution in [0.3, 0.4) is 0 Å². The van der Waals surface area contributed by atoms with E-state index in [2.05, 4.69) is 5.32 Å². The maximum absolute atomic E-state index is 12.3. The highest BCUT2D eigenvalue weighted by Gasteiger charge is 2.34. The number of hydrogen-bond acceptors (Lipinski definition) is 3. The van der Waals surface area contributed by atoms with Crippen LogP contribution in [-0.4, -0.2) is 42.5 Å². The zero-order valence-corrected chi connectivity index (χ0v) is 14.3. The number of rotatable bonds is 6. The van der Waals surface area contributed by atoms with Gasteiger partial charge in [-0.3, -0.25) is 9.59 Å². The fourth-order valence-corrected chi connectivity index (χ4v) is 2.75. The van der Waals surface area contributed by atoms with Gasteiger partial charge in [-0.2, -0.15) is 0 Å². The Morgan fingerprint density at radius 1 is 1.35 bits per heavy atom. The largest absolute Gasteiger partial charge is 0.492 e. The van der Waals surface area contributed by atoms with Crippen molar-refractivity contribution in [1.82, 2.24) is 10.2 Å². The normalized spacial score (nSPS) is 17.4. The van der Waals surface area contributed by atoms with Crippen LogP contribution in [0.5, 0.6) is 5.75 Å². The minimum atomic E-state index is -0.347. The molecular weight excluding hydrogens is 316 g/mol. The molecule has 1 N–H and O–H groups in total. The van der Waals surface area contributed by atoms with Gasteiger partial charge < -0.3 is 15.0 Å². The summed E-state index contributed by atoms with van der Waals surface area (Å²) in [5, 5.41) is 3.50. The molecule has 6 heteroatoms. The lowest BCUT2D eigenvalue weighted by Gasteiger charge is -2.25. The Labute approximate surface area is 141 Å². The third-order valence-corrected chi connectivity index (χ3v) is 4.07. The first kappa shape index (κ1) is 17.6. The molecule has 1 unspecified atom stereocenters. The second-order valence-electron chi connectivity index (χ2n) is 5.94. The van der Waals surface area contributed by atoms with Gasteiger partial charge in [-0.25, -0.2) is 0 Å². The van der Waals surface area contributed by atoms with Gasteiger partial charge in [-0.15, -0.1) is 0 Å². The molecule has 1 fully saturated rings. The van der Waals surface area contributed by atoms with E-state index in [0.717, 1.165) is 12.8 Å². The van der Waals surface area contributed by atoms with Gasteiger partial charge in [0, 0.05) is 17.5 Å². The summed E-state index contributed by atoms with van der Waals surface area (Å²) >= 11 is 5.80. The van der Waals surface area contributed by atoms with E-state index in [9.17, 15) is 9.59 Å². The summed E-state index contributed by atoms with van der Waals surface area (Å²) in [6, 6.07) is 6.72. The molecule has 1 aliphatic rings. The van der Waals surface area contributed by atoms with Gasteiger partial charge >= 0.3 is 0 Å². The van der Waals surface area contributed by atoms with Gasteiger partial charge in [0.2, 0.25) is 11.8 Å². The van der Waals surface area contributed by atoms with Crippen molar-refractivity contribution in [2.75, 3.05) is 19.7 Å². The maximum atomic E-state index is 12.3. The monoisotopic (exact) mass is 338 g/mol. The van der Waals surface area contributed by atoms with E-state index in [1.165, 1.54) is 0 Å². The number of nitrogens with one attached hydrogen (secondary N) is 1. The molecule has 1 aromatic rings. The van der Waals surface area contributed by atoms with Crippen molar-refractivity contribution in [3.8, 4) is 5.75 Å². The average molecular weight is 339 g/mol. The zero-order chi connectivity index (χ0) is 16.8. The van der Waals surface area contributed by atoms with Crippen LogP contribution < -0.4 is 10.1 Å². The van der Waals surface area contributed by atoms with Crippen LogP contribution in [0.4, 0.5) is 0 Å². The summed E-state index contributed by atoms with van der Waals surface area (Å²) in [5.74, 6) is 0.564. The molecule has 0 saturated carbocycles. The van der Waals surface area contributed by atoms with E-state index in [-0.39, 0.29) is 23.8 Å². The minimum Gasteiger partial charge on any atom is -0.492 e. The average Bonchev–Trinajstić information content (AvgIpc) is 3.01. The van der Waals surface area contributed by atoms with E-state index in [0.29, 0.717) is 30.5 Å². The number of benzene rings is 1. The van der Waals surface area contributed by atoms with E-state index in [4.69, 9.17) is 16.3 Å². The topological polar surface area (TPSA) is 58.6 Å². The Kier molecular flexibility index (Phi) is 6.28. The van der Waals surface area contributed by atoms with Crippen molar-refractivity contribution >= 4 is 23.4 Å². The molecule has 126 valence electrons. The van der Waals surface area contributed by atoms with Crippen molar-refractivity contribution in [2.45, 2.75) is 32.7 Å². The van der Waals surface area contributed by atoms with Gasteiger partial charge in [-0.05, 0) is 37.1 Å². The molecule has 1 aliphatic heterocycles. The first-order valence-electron chi connectivity index (χ1n) is 7.95. The van der Waals surface area contributed by atoms with E-state index in [1.54, 1.807) is 29.2 Å². The SMILES string of the molecule is CC(C)C(=O)N1CCCC1C(=O)NCCOc1ccc(Cl)cc1. The van der Waals surface area contributed by atoms with Crippen molar-refractivity contribution in [3.63, 3.8) is 0 Å². The Balaban J connectivity index is 1.75. The van der Waals surface area contributed by atoms with Crippen LogP contribution in [0.25, 0.3) is 0 Å². The maximum Gasteiger partial charge on any atom is 0.242 e. The van der Waals surface area contributed by atoms with Crippen molar-refractivity contribution < 1.29 is 14.3 Å². The Bertz CT molecular complexity index is 545. The smallest absolute Gasteiger partial charge is 0.242 e. The van der Waals surface area contributed by atoms with Gasteiger partial charge in [0.25, 0.3) is 0 Å². The molecule has 2 amide bonds. The highest BCUT2D eigenvalue weighted by molar-refractivity contribution is 6.30. The Morgan fingerprint density at radius 3 is 2.70 bits per heavy atom. The minimum absolute atomic E-state index is 0.0417. The number of likely N-dealkylation sites (tertiary alicyclic amines) is 1. The Morgan fingerprint density at radius 2 is 2.04 bits per heavy atom. The Hall–Kier alpha value is -1.75. The highest BCUT2D eigenvalue weighted by atomic mass is 35.5. The van der Waals surface area contributed by atoms with E-state index in [1.807, 2.05) is 13.8 Å². The van der Waals surface area contributed by atoms with Crippen LogP contribution >= 0.6 is 11.6 Å². The number of amides is 2. The van der Waals surface area contributed by atoms with Crippen molar-refractivity contribution in [1.29, 1.82) is 0 Å². The summed E-state index contributed by atoms with van der Waals surface area (Å²) in [5.41, 5.74) is 0. The summed E-state index contributed by atoms with van der Waals surface area (Å²) < 4.78 is 5.53. The molecule has 5 nitrogen and oxygen atoms in total. The first-order chi connectivity index (χ1) is 11.0. The van der Waals surface area contributed by atoms with Gasteiger partial charge in [0.05, 0.1) is 6.54 Å². The number of ether oxygens (including phenoxy) is 1. The summed E-state index contributed by atoms with van der Waals surface area (Å²) in [6.07, 6.45) is 1.60. The lowest BCUT2D eigenvalue weighted by Crippen LogP contribution is -2.47. The molecule has 2 rings (SSSR count). The molecule has 23 heavy (non-hydrogen) atoms. The van der Waals surface area contributed by atoms with E-state index >= 15 is 0 Å². The van der Waals surface area contributed by atoms with Crippen LogP contribution in [0, 0.1) is 5.92 Å². The second-order valence-corrected chi connectivity index (χ2v) is 6.37. The van der Waals surface area contributed by atoms with Crippen LogP contribution in [0.2, 0.25) is 5.02 Å². The van der Waals surface area contributed by atoms with Gasteiger partial charge in [0.15, 0.2) is 0 Å². The zero-order valence-electron chi connectivity index (χ0n) is 13.5. The highest BCUT2D eigenvalue weighted by Crippen LogP contribution is 2.20. The molecule has 1 saturated heterocycles. The van der Waals surface area contributed by atoms with Crippen LogP contribution in [-0.2, 0) is 9.59 Å². The number of carbonyl (C=O) groups is 2. The molecule has 1 aromatic carbocycles. The van der Waals surface area contributed by atoms with Gasteiger partial charge in [0.1, 0.15) is 18.4 Å².